The summed E-state index contributed by atoms with van der Waals surface area (Å²) >= 11 is 0. The van der Waals surface area contributed by atoms with E-state index in [1.807, 2.05) is 28.5 Å². The van der Waals surface area contributed by atoms with E-state index in [4.69, 9.17) is 4.74 Å². The number of hydrogen-bond donors (Lipinski definition) is 2. The molecule has 1 aliphatic rings. The van der Waals surface area contributed by atoms with Gasteiger partial charge >= 0.3 is 0 Å². The largest absolute Gasteiger partial charge is 0.377 e. The highest BCUT2D eigenvalue weighted by Crippen LogP contribution is 2.33. The monoisotopic (exact) mass is 284 g/mol. The molecule has 100 valence electrons. The first-order valence-corrected chi connectivity index (χ1v) is 8.54. The minimum absolute atomic E-state index is 0.506. The second kappa shape index (κ2) is 8.07. The molecule has 1 atom stereocenters. The molecule has 1 heterocycles. The molecule has 0 amide bonds. The summed E-state index contributed by atoms with van der Waals surface area (Å²) in [5.41, 5.74) is 1.24. The lowest BCUT2D eigenvalue weighted by atomic mass is 10.2. The fourth-order valence-electron chi connectivity index (χ4n) is 1.67. The molecule has 1 saturated heterocycles. The summed E-state index contributed by atoms with van der Waals surface area (Å²) in [6, 6.07) is 8.63. The molecule has 18 heavy (non-hydrogen) atoms. The minimum Gasteiger partial charge on any atom is -0.377 e. The molecular formula is C13H20N2OS2. The summed E-state index contributed by atoms with van der Waals surface area (Å²) in [5.74, 6) is 0. The van der Waals surface area contributed by atoms with Crippen LogP contribution in [0.2, 0.25) is 0 Å². The highest BCUT2D eigenvalue weighted by Gasteiger charge is 2.12. The predicted octanol–water partition coefficient (Wildman–Crippen LogP) is 2.48. The fraction of sp³-hybridized carbons (Fsp3) is 0.538. The summed E-state index contributed by atoms with van der Waals surface area (Å²) in [4.78, 5) is 1.30. The SMILES string of the molecule is CCOCc1ccc(SSC2CNCCN2)cc1. The van der Waals surface area contributed by atoms with Crippen LogP contribution in [0.3, 0.4) is 0 Å². The Morgan fingerprint density at radius 2 is 2.11 bits per heavy atom. The number of rotatable bonds is 6. The van der Waals surface area contributed by atoms with E-state index in [2.05, 4.69) is 34.9 Å². The van der Waals surface area contributed by atoms with E-state index in [1.165, 1.54) is 10.5 Å². The zero-order valence-corrected chi connectivity index (χ0v) is 12.3. The second-order valence-corrected chi connectivity index (χ2v) is 6.58. The quantitative estimate of drug-likeness (QED) is 0.784. The maximum absolute atomic E-state index is 5.38. The molecular weight excluding hydrogens is 264 g/mol. The molecule has 0 aromatic heterocycles. The van der Waals surface area contributed by atoms with Gasteiger partial charge in [-0.1, -0.05) is 33.7 Å². The number of benzene rings is 1. The van der Waals surface area contributed by atoms with Crippen molar-refractivity contribution in [3.8, 4) is 0 Å². The molecule has 1 aliphatic heterocycles. The van der Waals surface area contributed by atoms with Crippen molar-refractivity contribution < 1.29 is 4.74 Å². The Labute approximate surface area is 117 Å². The molecule has 5 heteroatoms. The number of ether oxygens (including phenoxy) is 1. The first-order chi connectivity index (χ1) is 8.88. The highest BCUT2D eigenvalue weighted by molar-refractivity contribution is 8.76. The normalized spacial score (nSPS) is 19.9. The Hall–Kier alpha value is -0.200. The third-order valence-electron chi connectivity index (χ3n) is 2.66. The van der Waals surface area contributed by atoms with Crippen LogP contribution in [0.5, 0.6) is 0 Å². The van der Waals surface area contributed by atoms with Gasteiger partial charge in [-0.2, -0.15) is 0 Å². The smallest absolute Gasteiger partial charge is 0.0767 e. The van der Waals surface area contributed by atoms with Gasteiger partial charge in [0.2, 0.25) is 0 Å². The Morgan fingerprint density at radius 1 is 1.28 bits per heavy atom. The zero-order chi connectivity index (χ0) is 12.6. The summed E-state index contributed by atoms with van der Waals surface area (Å²) in [5, 5.41) is 7.38. The Bertz CT molecular complexity index is 339. The molecule has 1 unspecified atom stereocenters. The van der Waals surface area contributed by atoms with Crippen LogP contribution in [-0.2, 0) is 11.3 Å². The zero-order valence-electron chi connectivity index (χ0n) is 10.6. The lowest BCUT2D eigenvalue weighted by molar-refractivity contribution is 0.134. The van der Waals surface area contributed by atoms with Crippen LogP contribution in [0.25, 0.3) is 0 Å². The van der Waals surface area contributed by atoms with Gasteiger partial charge in [0.05, 0.1) is 12.0 Å². The first kappa shape index (κ1) is 14.2. The molecule has 0 saturated carbocycles. The lowest BCUT2D eigenvalue weighted by Gasteiger charge is -2.23. The fourth-order valence-corrected chi connectivity index (χ4v) is 3.94. The van der Waals surface area contributed by atoms with Crippen molar-refractivity contribution in [2.75, 3.05) is 26.2 Å². The lowest BCUT2D eigenvalue weighted by Crippen LogP contribution is -2.46. The summed E-state index contributed by atoms with van der Waals surface area (Å²) < 4.78 is 5.38. The van der Waals surface area contributed by atoms with Crippen LogP contribution in [0, 0.1) is 0 Å². The van der Waals surface area contributed by atoms with Crippen molar-refractivity contribution >= 4 is 21.6 Å². The maximum Gasteiger partial charge on any atom is 0.0767 e. The molecule has 1 fully saturated rings. The van der Waals surface area contributed by atoms with E-state index in [0.717, 1.165) is 26.2 Å². The van der Waals surface area contributed by atoms with Crippen molar-refractivity contribution in [1.29, 1.82) is 0 Å². The van der Waals surface area contributed by atoms with Gasteiger partial charge in [0.1, 0.15) is 0 Å². The maximum atomic E-state index is 5.38. The molecule has 0 aliphatic carbocycles. The van der Waals surface area contributed by atoms with Gasteiger partial charge < -0.3 is 15.4 Å². The highest BCUT2D eigenvalue weighted by atomic mass is 33.1. The van der Waals surface area contributed by atoms with E-state index in [0.29, 0.717) is 12.0 Å². The van der Waals surface area contributed by atoms with Gasteiger partial charge in [-0.25, -0.2) is 0 Å². The van der Waals surface area contributed by atoms with Crippen LogP contribution in [0.15, 0.2) is 29.2 Å². The van der Waals surface area contributed by atoms with Gasteiger partial charge in [-0.15, -0.1) is 0 Å². The van der Waals surface area contributed by atoms with Crippen LogP contribution >= 0.6 is 21.6 Å². The summed E-state index contributed by atoms with van der Waals surface area (Å²) in [6.07, 6.45) is 0. The number of hydrogen-bond acceptors (Lipinski definition) is 5. The van der Waals surface area contributed by atoms with Gasteiger partial charge in [0.15, 0.2) is 0 Å². The topological polar surface area (TPSA) is 33.3 Å². The Balaban J connectivity index is 1.75. The van der Waals surface area contributed by atoms with Crippen molar-refractivity contribution in [3.05, 3.63) is 29.8 Å². The van der Waals surface area contributed by atoms with Crippen LogP contribution in [0.4, 0.5) is 0 Å². The van der Waals surface area contributed by atoms with Gasteiger partial charge in [-0.3, -0.25) is 0 Å². The van der Waals surface area contributed by atoms with Gasteiger partial charge in [0, 0.05) is 31.1 Å². The molecule has 2 N–H and O–H groups in total. The molecule has 1 aromatic carbocycles. The average Bonchev–Trinajstić information content (AvgIpc) is 2.45. The number of nitrogens with one attached hydrogen (secondary N) is 2. The second-order valence-electron chi connectivity index (χ2n) is 4.11. The van der Waals surface area contributed by atoms with E-state index in [1.54, 1.807) is 0 Å². The van der Waals surface area contributed by atoms with Crippen molar-refractivity contribution in [2.45, 2.75) is 23.8 Å². The first-order valence-electron chi connectivity index (χ1n) is 6.32. The number of piperazine rings is 1. The van der Waals surface area contributed by atoms with E-state index < -0.39 is 0 Å². The van der Waals surface area contributed by atoms with Crippen molar-refractivity contribution in [1.82, 2.24) is 10.6 Å². The summed E-state index contributed by atoms with van der Waals surface area (Å²) in [6.45, 7) is 6.68. The minimum atomic E-state index is 0.506. The predicted molar refractivity (Wildman–Crippen MR) is 79.9 cm³/mol. The van der Waals surface area contributed by atoms with Crippen LogP contribution in [0.1, 0.15) is 12.5 Å². The van der Waals surface area contributed by atoms with E-state index >= 15 is 0 Å². The molecule has 3 nitrogen and oxygen atoms in total. The van der Waals surface area contributed by atoms with Crippen LogP contribution < -0.4 is 10.6 Å². The van der Waals surface area contributed by atoms with Gasteiger partial charge in [-0.05, 0) is 24.6 Å². The summed E-state index contributed by atoms with van der Waals surface area (Å²) in [7, 11) is 3.72. The molecule has 0 bridgehead atoms. The third kappa shape index (κ3) is 4.82. The van der Waals surface area contributed by atoms with Crippen LogP contribution in [-0.4, -0.2) is 31.6 Å². The van der Waals surface area contributed by atoms with Gasteiger partial charge in [0.25, 0.3) is 0 Å². The standard InChI is InChI=1S/C13H20N2OS2/c1-2-16-10-11-3-5-12(6-4-11)17-18-13-9-14-7-8-15-13/h3-6,13-15H,2,7-10H2,1H3. The molecule has 0 spiro atoms. The molecule has 0 radical (unpaired) electrons. The third-order valence-corrected chi connectivity index (χ3v) is 5.35. The molecule has 1 aromatic rings. The molecule has 2 rings (SSSR count). The average molecular weight is 284 g/mol. The van der Waals surface area contributed by atoms with E-state index in [9.17, 15) is 0 Å². The Morgan fingerprint density at radius 3 is 2.78 bits per heavy atom. The Kier molecular flexibility index (Phi) is 6.37. The van der Waals surface area contributed by atoms with Crippen molar-refractivity contribution in [3.63, 3.8) is 0 Å². The van der Waals surface area contributed by atoms with E-state index in [-0.39, 0.29) is 0 Å². The van der Waals surface area contributed by atoms with Crippen molar-refractivity contribution in [2.24, 2.45) is 0 Å².